The lowest BCUT2D eigenvalue weighted by Gasteiger charge is -2.12. The maximum absolute atomic E-state index is 14.5. The molecule has 0 aliphatic heterocycles. The Balaban J connectivity index is 1.64. The molecule has 1 atom stereocenters. The topological polar surface area (TPSA) is 111 Å². The molecule has 5 aromatic rings. The fourth-order valence-electron chi connectivity index (χ4n) is 3.92. The van der Waals surface area contributed by atoms with Gasteiger partial charge in [-0.3, -0.25) is 5.10 Å². The molecular weight excluding hydrogens is 471 g/mol. The highest BCUT2D eigenvalue weighted by Crippen LogP contribution is 2.38. The molecule has 0 aliphatic carbocycles. The van der Waals surface area contributed by atoms with Gasteiger partial charge in [0.05, 0.1) is 11.4 Å². The third kappa shape index (κ3) is 3.84. The van der Waals surface area contributed by atoms with Gasteiger partial charge in [0.2, 0.25) is 5.82 Å². The van der Waals surface area contributed by atoms with E-state index in [4.69, 9.17) is 5.73 Å². The number of hydrogen-bond donors (Lipinski definition) is 2. The van der Waals surface area contributed by atoms with E-state index in [9.17, 15) is 22.0 Å². The summed E-state index contributed by atoms with van der Waals surface area (Å²) in [4.78, 5) is 10.8. The lowest BCUT2D eigenvalue weighted by Crippen LogP contribution is -2.10. The van der Waals surface area contributed by atoms with E-state index in [1.807, 2.05) is 6.92 Å². The number of anilines is 1. The van der Waals surface area contributed by atoms with Gasteiger partial charge in [-0.15, -0.1) is 0 Å². The molecule has 178 valence electrons. The van der Waals surface area contributed by atoms with Crippen LogP contribution in [0.1, 0.15) is 29.9 Å². The molecule has 1 aromatic carbocycles. The molecule has 0 amide bonds. The quantitative estimate of drug-likeness (QED) is 0.359. The van der Waals surface area contributed by atoms with Gasteiger partial charge >= 0.3 is 6.18 Å². The molecule has 5 rings (SSSR count). The third-order valence-electron chi connectivity index (χ3n) is 5.59. The smallest absolute Gasteiger partial charge is 0.382 e. The van der Waals surface area contributed by atoms with Crippen molar-refractivity contribution in [2.75, 3.05) is 5.73 Å². The Morgan fingerprint density at radius 2 is 1.77 bits per heavy atom. The van der Waals surface area contributed by atoms with E-state index >= 15 is 0 Å². The van der Waals surface area contributed by atoms with E-state index in [1.54, 1.807) is 12.3 Å². The molecule has 0 spiro atoms. The van der Waals surface area contributed by atoms with E-state index in [0.717, 1.165) is 24.5 Å². The largest absolute Gasteiger partial charge is 0.451 e. The maximum Gasteiger partial charge on any atom is 0.451 e. The van der Waals surface area contributed by atoms with E-state index in [2.05, 4.69) is 30.2 Å². The van der Waals surface area contributed by atoms with Gasteiger partial charge < -0.3 is 5.73 Å². The summed E-state index contributed by atoms with van der Waals surface area (Å²) in [6.07, 6.45) is 0.220. The maximum atomic E-state index is 14.5. The summed E-state index contributed by atoms with van der Waals surface area (Å²) in [6, 6.07) is 4.86. The first-order chi connectivity index (χ1) is 16.6. The lowest BCUT2D eigenvalue weighted by atomic mass is 9.94. The molecule has 0 saturated carbocycles. The summed E-state index contributed by atoms with van der Waals surface area (Å²) in [5.74, 6) is -3.14. The fraction of sp³-hybridized carbons (Fsp3) is 0.136. The van der Waals surface area contributed by atoms with Crippen LogP contribution in [0, 0.1) is 11.6 Å². The zero-order valence-electron chi connectivity index (χ0n) is 17.8. The molecule has 4 aromatic heterocycles. The van der Waals surface area contributed by atoms with Crippen LogP contribution in [-0.2, 0) is 6.18 Å². The Labute approximate surface area is 193 Å². The molecule has 4 heterocycles. The summed E-state index contributed by atoms with van der Waals surface area (Å²) < 4.78 is 68.1. The number of rotatable bonds is 4. The number of alkyl halides is 3. The molecular formula is C22H15F5N8. The van der Waals surface area contributed by atoms with Crippen LogP contribution in [0.15, 0.2) is 49.2 Å². The highest BCUT2D eigenvalue weighted by Gasteiger charge is 2.34. The lowest BCUT2D eigenvalue weighted by molar-refractivity contribution is -0.144. The van der Waals surface area contributed by atoms with E-state index < -0.39 is 29.6 Å². The van der Waals surface area contributed by atoms with Gasteiger partial charge in [0.25, 0.3) is 0 Å². The van der Waals surface area contributed by atoms with E-state index in [0.29, 0.717) is 22.3 Å². The Morgan fingerprint density at radius 3 is 2.46 bits per heavy atom. The minimum absolute atomic E-state index is 0.0883. The normalized spacial score (nSPS) is 12.9. The Morgan fingerprint density at radius 1 is 1.03 bits per heavy atom. The molecule has 13 heteroatoms. The number of fused-ring (bicyclic) bond motifs is 1. The monoisotopic (exact) mass is 486 g/mol. The van der Waals surface area contributed by atoms with Crippen LogP contribution in [0.2, 0.25) is 0 Å². The molecule has 0 radical (unpaired) electrons. The van der Waals surface area contributed by atoms with Crippen molar-refractivity contribution in [1.29, 1.82) is 0 Å². The second-order valence-electron chi connectivity index (χ2n) is 7.72. The summed E-state index contributed by atoms with van der Waals surface area (Å²) in [6.45, 7) is 1.81. The molecule has 0 saturated heterocycles. The number of aromatic nitrogens is 7. The van der Waals surface area contributed by atoms with Crippen molar-refractivity contribution < 1.29 is 22.0 Å². The zero-order valence-corrected chi connectivity index (χ0v) is 17.8. The average molecular weight is 486 g/mol. The van der Waals surface area contributed by atoms with Gasteiger partial charge in [-0.2, -0.15) is 23.4 Å². The van der Waals surface area contributed by atoms with Crippen molar-refractivity contribution >= 4 is 11.3 Å². The number of hydrogen-bond acceptors (Lipinski definition) is 6. The molecule has 8 nitrogen and oxygen atoms in total. The summed E-state index contributed by atoms with van der Waals surface area (Å²) in [5, 5.41) is 11.1. The fourth-order valence-corrected chi connectivity index (χ4v) is 3.92. The van der Waals surface area contributed by atoms with Gasteiger partial charge in [-0.05, 0) is 18.2 Å². The van der Waals surface area contributed by atoms with Crippen LogP contribution >= 0.6 is 0 Å². The molecule has 1 unspecified atom stereocenters. The molecule has 0 aliphatic rings. The van der Waals surface area contributed by atoms with Crippen molar-refractivity contribution in [2.24, 2.45) is 0 Å². The van der Waals surface area contributed by atoms with Gasteiger partial charge in [0.15, 0.2) is 5.82 Å². The minimum atomic E-state index is -4.68. The number of halogens is 5. The second kappa shape index (κ2) is 8.11. The Hall–Kier alpha value is -4.42. The molecule has 0 bridgehead atoms. The first-order valence-electron chi connectivity index (χ1n) is 10.2. The number of benzene rings is 1. The van der Waals surface area contributed by atoms with Crippen LogP contribution in [-0.4, -0.2) is 34.8 Å². The highest BCUT2D eigenvalue weighted by atomic mass is 19.4. The van der Waals surface area contributed by atoms with Crippen molar-refractivity contribution in [3.05, 3.63) is 77.9 Å². The first-order valence-corrected chi connectivity index (χ1v) is 10.2. The van der Waals surface area contributed by atoms with E-state index in [-0.39, 0.29) is 22.6 Å². The zero-order chi connectivity index (χ0) is 24.9. The van der Waals surface area contributed by atoms with Crippen LogP contribution in [0.25, 0.3) is 27.9 Å². The third-order valence-corrected chi connectivity index (χ3v) is 5.59. The SMILES string of the molecule is CC(c1c[nH]nc1-c1ccc(F)cc1F)c1cc(-c2cnc(C(F)(F)F)nc2)c2c(N)ncnn12. The Bertz CT molecular complexity index is 1540. The number of aromatic amines is 1. The van der Waals surface area contributed by atoms with Crippen LogP contribution < -0.4 is 5.73 Å². The van der Waals surface area contributed by atoms with Crippen LogP contribution in [0.3, 0.4) is 0 Å². The number of nitrogens with two attached hydrogens (primary N) is 1. The number of nitrogens with one attached hydrogen (secondary N) is 1. The molecule has 0 fully saturated rings. The summed E-state index contributed by atoms with van der Waals surface area (Å²) >= 11 is 0. The predicted molar refractivity (Wildman–Crippen MR) is 115 cm³/mol. The van der Waals surface area contributed by atoms with Crippen molar-refractivity contribution in [1.82, 2.24) is 34.8 Å². The molecule has 35 heavy (non-hydrogen) atoms. The van der Waals surface area contributed by atoms with Crippen LogP contribution in [0.4, 0.5) is 27.8 Å². The van der Waals surface area contributed by atoms with Crippen LogP contribution in [0.5, 0.6) is 0 Å². The first kappa shape index (κ1) is 22.4. The van der Waals surface area contributed by atoms with Crippen molar-refractivity contribution in [2.45, 2.75) is 19.0 Å². The predicted octanol–water partition coefficient (Wildman–Crippen LogP) is 4.61. The average Bonchev–Trinajstić information content (AvgIpc) is 3.44. The second-order valence-corrected chi connectivity index (χ2v) is 7.72. The Kier molecular flexibility index (Phi) is 5.19. The highest BCUT2D eigenvalue weighted by molar-refractivity contribution is 5.88. The standard InChI is InChI=1S/C22H15F5N8/c1-10(15-8-32-34-18(15)13-3-2-12(23)4-16(13)24)17-5-14(19-20(28)31-9-33-35(17)19)11-6-29-21(30-7-11)22(25,26)27/h2-10H,1H3,(H,32,34)(H2,28,31,33). The van der Waals surface area contributed by atoms with Gasteiger partial charge in [0.1, 0.15) is 23.5 Å². The van der Waals surface area contributed by atoms with Gasteiger partial charge in [-0.1, -0.05) is 6.92 Å². The number of nitrogens with zero attached hydrogens (tertiary/aromatic N) is 6. The van der Waals surface area contributed by atoms with Crippen molar-refractivity contribution in [3.63, 3.8) is 0 Å². The molecule has 3 N–H and O–H groups in total. The van der Waals surface area contributed by atoms with Crippen molar-refractivity contribution in [3.8, 4) is 22.4 Å². The summed E-state index contributed by atoms with van der Waals surface area (Å²) in [5.41, 5.74) is 8.62. The number of H-pyrrole nitrogens is 1. The van der Waals surface area contributed by atoms with E-state index in [1.165, 1.54) is 16.9 Å². The van der Waals surface area contributed by atoms with Gasteiger partial charge in [0, 0.05) is 52.8 Å². The minimum Gasteiger partial charge on any atom is -0.382 e. The van der Waals surface area contributed by atoms with Gasteiger partial charge in [-0.25, -0.2) is 28.2 Å². The summed E-state index contributed by atoms with van der Waals surface area (Å²) in [7, 11) is 0. The number of nitrogen functional groups attached to an aromatic ring is 1.